The molecule has 0 fully saturated rings. The molecule has 0 saturated carbocycles. The number of ketones is 2. The van der Waals surface area contributed by atoms with E-state index in [9.17, 15) is 9.59 Å². The Morgan fingerprint density at radius 1 is 1.05 bits per heavy atom. The van der Waals surface area contributed by atoms with Crippen molar-refractivity contribution in [3.63, 3.8) is 0 Å². The summed E-state index contributed by atoms with van der Waals surface area (Å²) >= 11 is 0. The van der Waals surface area contributed by atoms with E-state index < -0.39 is 0 Å². The molecule has 0 saturated heterocycles. The van der Waals surface area contributed by atoms with Gasteiger partial charge in [0, 0.05) is 5.56 Å². The molecule has 0 amide bonds. The Balaban J connectivity index is 2.09. The number of Topliss-reactive ketones (excluding diaryl/α,β-unsaturated/α-hetero) is 2. The third kappa shape index (κ3) is 3.05. The zero-order chi connectivity index (χ0) is 14.7. The lowest BCUT2D eigenvalue weighted by Crippen LogP contribution is -2.09. The van der Waals surface area contributed by atoms with Crippen LogP contribution < -0.4 is 0 Å². The summed E-state index contributed by atoms with van der Waals surface area (Å²) in [6, 6.07) is 9.05. The number of hydrogen-bond acceptors (Lipinski definition) is 3. The fraction of sp³-hybridized carbons (Fsp3) is 0.294. The lowest BCUT2D eigenvalue weighted by Gasteiger charge is -2.06. The quantitative estimate of drug-likeness (QED) is 0.605. The van der Waals surface area contributed by atoms with Crippen molar-refractivity contribution < 1.29 is 14.0 Å². The van der Waals surface area contributed by atoms with Crippen LogP contribution in [-0.4, -0.2) is 11.6 Å². The average molecular weight is 270 g/mol. The summed E-state index contributed by atoms with van der Waals surface area (Å²) in [6.45, 7) is 5.92. The molecule has 20 heavy (non-hydrogen) atoms. The van der Waals surface area contributed by atoms with Crippen molar-refractivity contribution in [1.29, 1.82) is 0 Å². The number of rotatable bonds is 5. The van der Waals surface area contributed by atoms with E-state index in [1.165, 1.54) is 11.8 Å². The lowest BCUT2D eigenvalue weighted by atomic mass is 9.98. The first-order valence-corrected chi connectivity index (χ1v) is 6.69. The predicted molar refractivity (Wildman–Crippen MR) is 77.3 cm³/mol. The molecule has 0 bridgehead atoms. The van der Waals surface area contributed by atoms with Crippen LogP contribution in [-0.2, 0) is 0 Å². The fourth-order valence-electron chi connectivity index (χ4n) is 2.07. The van der Waals surface area contributed by atoms with Gasteiger partial charge in [-0.25, -0.2) is 0 Å². The van der Waals surface area contributed by atoms with Gasteiger partial charge in [-0.1, -0.05) is 38.1 Å². The topological polar surface area (TPSA) is 47.3 Å². The second-order valence-electron chi connectivity index (χ2n) is 5.19. The number of benzene rings is 1. The summed E-state index contributed by atoms with van der Waals surface area (Å²) in [5.41, 5.74) is 2.24. The zero-order valence-corrected chi connectivity index (χ0v) is 12.0. The first kappa shape index (κ1) is 14.3. The molecule has 0 aliphatic heterocycles. The van der Waals surface area contributed by atoms with Gasteiger partial charge in [0.05, 0.1) is 18.2 Å². The van der Waals surface area contributed by atoms with E-state index in [2.05, 4.69) is 13.8 Å². The number of aryl methyl sites for hydroxylation is 1. The van der Waals surface area contributed by atoms with Crippen LogP contribution >= 0.6 is 0 Å². The van der Waals surface area contributed by atoms with Gasteiger partial charge in [-0.15, -0.1) is 0 Å². The molecule has 0 aliphatic carbocycles. The maximum absolute atomic E-state index is 12.1. The van der Waals surface area contributed by atoms with Gasteiger partial charge in [0.25, 0.3) is 0 Å². The van der Waals surface area contributed by atoms with E-state index in [-0.39, 0.29) is 18.0 Å². The second-order valence-corrected chi connectivity index (χ2v) is 5.19. The highest BCUT2D eigenvalue weighted by Crippen LogP contribution is 2.17. The van der Waals surface area contributed by atoms with Crippen LogP contribution in [0.25, 0.3) is 0 Å². The van der Waals surface area contributed by atoms with Crippen molar-refractivity contribution in [2.45, 2.75) is 33.1 Å². The van der Waals surface area contributed by atoms with E-state index in [1.807, 2.05) is 12.1 Å². The van der Waals surface area contributed by atoms with E-state index in [0.29, 0.717) is 22.8 Å². The highest BCUT2D eigenvalue weighted by Gasteiger charge is 2.17. The molecule has 2 aromatic rings. The minimum Gasteiger partial charge on any atom is -0.469 e. The van der Waals surface area contributed by atoms with Gasteiger partial charge in [-0.3, -0.25) is 9.59 Å². The summed E-state index contributed by atoms with van der Waals surface area (Å²) in [5.74, 6) is 0.618. The van der Waals surface area contributed by atoms with Gasteiger partial charge in [-0.2, -0.15) is 0 Å². The summed E-state index contributed by atoms with van der Waals surface area (Å²) < 4.78 is 5.08. The molecule has 0 unspecified atom stereocenters. The number of carbonyl (C=O) groups excluding carboxylic acids is 2. The lowest BCUT2D eigenvalue weighted by molar-refractivity contribution is 0.0893. The van der Waals surface area contributed by atoms with Gasteiger partial charge < -0.3 is 4.42 Å². The van der Waals surface area contributed by atoms with E-state index in [1.54, 1.807) is 25.1 Å². The normalized spacial score (nSPS) is 10.8. The van der Waals surface area contributed by atoms with Crippen LogP contribution in [0.1, 0.15) is 58.2 Å². The summed E-state index contributed by atoms with van der Waals surface area (Å²) in [7, 11) is 0. The summed E-state index contributed by atoms with van der Waals surface area (Å²) in [4.78, 5) is 24.1. The molecule has 0 radical (unpaired) electrons. The molecule has 3 nitrogen and oxygen atoms in total. The highest BCUT2D eigenvalue weighted by atomic mass is 16.3. The van der Waals surface area contributed by atoms with E-state index in [0.717, 1.165) is 0 Å². The Hall–Kier alpha value is -2.16. The highest BCUT2D eigenvalue weighted by molar-refractivity contribution is 6.13. The third-order valence-corrected chi connectivity index (χ3v) is 3.38. The SMILES string of the molecule is Cc1occc1C(=O)CC(=O)c1ccc(C(C)C)cc1. The maximum atomic E-state index is 12.1. The summed E-state index contributed by atoms with van der Waals surface area (Å²) in [5, 5.41) is 0. The Labute approximate surface area is 118 Å². The number of hydrogen-bond donors (Lipinski definition) is 0. The Morgan fingerprint density at radius 2 is 1.70 bits per heavy atom. The fourth-order valence-corrected chi connectivity index (χ4v) is 2.07. The van der Waals surface area contributed by atoms with Crippen molar-refractivity contribution >= 4 is 11.6 Å². The van der Waals surface area contributed by atoms with Crippen molar-refractivity contribution in [3.05, 3.63) is 59.0 Å². The average Bonchev–Trinajstić information content (AvgIpc) is 2.85. The monoisotopic (exact) mass is 270 g/mol. The van der Waals surface area contributed by atoms with Crippen LogP contribution in [0.2, 0.25) is 0 Å². The van der Waals surface area contributed by atoms with Gasteiger partial charge in [0.15, 0.2) is 11.6 Å². The van der Waals surface area contributed by atoms with E-state index in [4.69, 9.17) is 4.42 Å². The van der Waals surface area contributed by atoms with Crippen LogP contribution in [0.4, 0.5) is 0 Å². The smallest absolute Gasteiger partial charge is 0.174 e. The number of furan rings is 1. The number of carbonyl (C=O) groups is 2. The van der Waals surface area contributed by atoms with Crippen molar-refractivity contribution in [3.8, 4) is 0 Å². The van der Waals surface area contributed by atoms with Crippen LogP contribution in [0.15, 0.2) is 41.0 Å². The first-order valence-electron chi connectivity index (χ1n) is 6.69. The molecule has 0 spiro atoms. The molecule has 0 aliphatic rings. The Morgan fingerprint density at radius 3 is 2.20 bits per heavy atom. The second kappa shape index (κ2) is 5.87. The molecule has 0 N–H and O–H groups in total. The first-order chi connectivity index (χ1) is 9.49. The standard InChI is InChI=1S/C17H18O3/c1-11(2)13-4-6-14(7-5-13)16(18)10-17(19)15-8-9-20-12(15)3/h4-9,11H,10H2,1-3H3. The van der Waals surface area contributed by atoms with Crippen LogP contribution in [0.3, 0.4) is 0 Å². The Kier molecular flexibility index (Phi) is 4.18. The van der Waals surface area contributed by atoms with Crippen molar-refractivity contribution in [2.24, 2.45) is 0 Å². The van der Waals surface area contributed by atoms with Crippen LogP contribution in [0, 0.1) is 6.92 Å². The minimum atomic E-state index is -0.200. The third-order valence-electron chi connectivity index (χ3n) is 3.38. The van der Waals surface area contributed by atoms with Gasteiger partial charge >= 0.3 is 0 Å². The van der Waals surface area contributed by atoms with Crippen molar-refractivity contribution in [2.75, 3.05) is 0 Å². The molecule has 1 heterocycles. The van der Waals surface area contributed by atoms with Crippen LogP contribution in [0.5, 0.6) is 0 Å². The molecule has 1 aromatic carbocycles. The van der Waals surface area contributed by atoms with Crippen molar-refractivity contribution in [1.82, 2.24) is 0 Å². The molecule has 2 rings (SSSR count). The zero-order valence-electron chi connectivity index (χ0n) is 12.0. The largest absolute Gasteiger partial charge is 0.469 e. The molecular formula is C17H18O3. The van der Waals surface area contributed by atoms with E-state index >= 15 is 0 Å². The van der Waals surface area contributed by atoms with Gasteiger partial charge in [-0.05, 0) is 24.5 Å². The predicted octanol–water partition coefficient (Wildman–Crippen LogP) is 4.17. The Bertz CT molecular complexity index is 618. The maximum Gasteiger partial charge on any atom is 0.174 e. The molecule has 1 aromatic heterocycles. The molecule has 0 atom stereocenters. The van der Waals surface area contributed by atoms with Gasteiger partial charge in [0.1, 0.15) is 5.76 Å². The molecular weight excluding hydrogens is 252 g/mol. The summed E-state index contributed by atoms with van der Waals surface area (Å²) in [6.07, 6.45) is 1.34. The minimum absolute atomic E-state index is 0.124. The van der Waals surface area contributed by atoms with Gasteiger partial charge in [0.2, 0.25) is 0 Å². The molecule has 104 valence electrons. The molecule has 3 heteroatoms.